The highest BCUT2D eigenvalue weighted by molar-refractivity contribution is 9.10. The maximum atomic E-state index is 12.1. The molecule has 2 aromatic heterocycles. The summed E-state index contributed by atoms with van der Waals surface area (Å²) < 4.78 is 3.47. The summed E-state index contributed by atoms with van der Waals surface area (Å²) in [7, 11) is 0. The summed E-state index contributed by atoms with van der Waals surface area (Å²) in [5.41, 5.74) is 0.907. The number of nitrogens with zero attached hydrogens (tertiary/aromatic N) is 4. The Bertz CT molecular complexity index is 1020. The number of aromatic nitrogens is 4. The zero-order chi connectivity index (χ0) is 19.6. The minimum atomic E-state index is -1.11. The van der Waals surface area contributed by atoms with Crippen LogP contribution in [0.5, 0.6) is 0 Å². The molecule has 0 atom stereocenters. The molecular weight excluding hydrogens is 461 g/mol. The number of halogens is 3. The Morgan fingerprint density at radius 1 is 1.19 bits per heavy atom. The molecule has 0 aliphatic carbocycles. The molecule has 2 heterocycles. The lowest BCUT2D eigenvalue weighted by atomic mass is 10.2. The van der Waals surface area contributed by atoms with Crippen molar-refractivity contribution in [1.29, 1.82) is 0 Å². The van der Waals surface area contributed by atoms with Crippen molar-refractivity contribution in [2.45, 2.75) is 13.1 Å². The van der Waals surface area contributed by atoms with Crippen molar-refractivity contribution in [3.05, 3.63) is 62.4 Å². The zero-order valence-corrected chi connectivity index (χ0v) is 16.7. The first-order valence-electron chi connectivity index (χ1n) is 7.54. The van der Waals surface area contributed by atoms with Gasteiger partial charge in [0.2, 0.25) is 5.91 Å². The van der Waals surface area contributed by atoms with Gasteiger partial charge in [0.1, 0.15) is 6.54 Å². The number of rotatable bonds is 6. The van der Waals surface area contributed by atoms with Gasteiger partial charge in [0, 0.05) is 12.4 Å². The number of hydrogen-bond acceptors (Lipinski definition) is 4. The van der Waals surface area contributed by atoms with Crippen molar-refractivity contribution < 1.29 is 14.7 Å². The average Bonchev–Trinajstić information content (AvgIpc) is 3.18. The van der Waals surface area contributed by atoms with Crippen LogP contribution in [0.2, 0.25) is 10.0 Å². The van der Waals surface area contributed by atoms with Crippen molar-refractivity contribution in [2.24, 2.45) is 0 Å². The summed E-state index contributed by atoms with van der Waals surface area (Å²) in [5.74, 6) is -1.16. The van der Waals surface area contributed by atoms with Gasteiger partial charge < -0.3 is 10.4 Å². The average molecular weight is 473 g/mol. The van der Waals surface area contributed by atoms with E-state index >= 15 is 0 Å². The van der Waals surface area contributed by atoms with Gasteiger partial charge in [0.25, 0.3) is 0 Å². The maximum absolute atomic E-state index is 12.1. The van der Waals surface area contributed by atoms with Crippen LogP contribution >= 0.6 is 39.1 Å². The number of anilines is 1. The summed E-state index contributed by atoms with van der Waals surface area (Å²) >= 11 is 15.3. The number of carbonyl (C=O) groups excluding carboxylic acids is 1. The predicted molar refractivity (Wildman–Crippen MR) is 103 cm³/mol. The number of carboxylic acid groups (broad SMARTS) is 1. The molecule has 0 saturated heterocycles. The van der Waals surface area contributed by atoms with Crippen LogP contribution in [0, 0.1) is 0 Å². The topological polar surface area (TPSA) is 102 Å². The molecule has 140 valence electrons. The highest BCUT2D eigenvalue weighted by Gasteiger charge is 2.13. The van der Waals surface area contributed by atoms with Gasteiger partial charge in [0.15, 0.2) is 5.82 Å². The second-order valence-corrected chi connectivity index (χ2v) is 7.22. The Labute approximate surface area is 171 Å². The van der Waals surface area contributed by atoms with Crippen LogP contribution in [0.25, 0.3) is 0 Å². The van der Waals surface area contributed by atoms with E-state index < -0.39 is 11.9 Å². The molecule has 0 radical (unpaired) electrons. The Hall–Kier alpha value is -2.36. The largest absolute Gasteiger partial charge is 0.478 e. The molecule has 0 aliphatic rings. The summed E-state index contributed by atoms with van der Waals surface area (Å²) in [6, 6.07) is 5.28. The molecule has 1 aromatic carbocycles. The van der Waals surface area contributed by atoms with Crippen molar-refractivity contribution in [3.8, 4) is 0 Å². The van der Waals surface area contributed by atoms with Gasteiger partial charge in [-0.1, -0.05) is 29.3 Å². The molecule has 0 bridgehead atoms. The van der Waals surface area contributed by atoms with Crippen LogP contribution < -0.4 is 5.32 Å². The maximum Gasteiger partial charge on any atom is 0.338 e. The highest BCUT2D eigenvalue weighted by atomic mass is 79.9. The highest BCUT2D eigenvalue weighted by Crippen LogP contribution is 2.24. The monoisotopic (exact) mass is 471 g/mol. The third kappa shape index (κ3) is 4.88. The third-order valence-corrected chi connectivity index (χ3v) is 4.81. The van der Waals surface area contributed by atoms with E-state index in [1.165, 1.54) is 17.1 Å². The molecular formula is C16H12BrCl2N5O3. The molecule has 2 N–H and O–H groups in total. The molecule has 11 heteroatoms. The van der Waals surface area contributed by atoms with Crippen molar-refractivity contribution in [1.82, 2.24) is 19.6 Å². The number of amides is 1. The fourth-order valence-corrected chi connectivity index (χ4v) is 3.00. The summed E-state index contributed by atoms with van der Waals surface area (Å²) in [4.78, 5) is 23.0. The Balaban J connectivity index is 1.65. The molecule has 0 unspecified atom stereocenters. The first kappa shape index (κ1) is 19.4. The van der Waals surface area contributed by atoms with Crippen LogP contribution in [0.15, 0.2) is 41.3 Å². The lowest BCUT2D eigenvalue weighted by Crippen LogP contribution is -2.19. The van der Waals surface area contributed by atoms with Crippen LogP contribution in [-0.4, -0.2) is 36.5 Å². The lowest BCUT2D eigenvalue weighted by Gasteiger charge is -2.04. The third-order valence-electron chi connectivity index (χ3n) is 3.49. The van der Waals surface area contributed by atoms with Crippen molar-refractivity contribution >= 4 is 56.8 Å². The fourth-order valence-electron chi connectivity index (χ4n) is 2.27. The van der Waals surface area contributed by atoms with E-state index in [9.17, 15) is 9.59 Å². The molecule has 3 aromatic rings. The second-order valence-electron chi connectivity index (χ2n) is 5.55. The molecule has 0 saturated carbocycles. The van der Waals surface area contributed by atoms with Gasteiger partial charge >= 0.3 is 5.97 Å². The summed E-state index contributed by atoms with van der Waals surface area (Å²) in [6.45, 7) is 0.297. The number of aromatic carboxylic acids is 1. The van der Waals surface area contributed by atoms with E-state index in [1.54, 1.807) is 23.0 Å². The number of hydrogen-bond donors (Lipinski definition) is 2. The predicted octanol–water partition coefficient (Wildman–Crippen LogP) is 3.53. The van der Waals surface area contributed by atoms with Gasteiger partial charge in [-0.15, -0.1) is 0 Å². The SMILES string of the molecule is O=C(Cn1cc(C(=O)O)cn1)Nc1nn(Cc2ccc(Cl)c(Cl)c2)cc1Br. The Kier molecular flexibility index (Phi) is 5.83. The van der Waals surface area contributed by atoms with E-state index in [0.29, 0.717) is 26.9 Å². The molecule has 8 nitrogen and oxygen atoms in total. The first-order chi connectivity index (χ1) is 12.8. The van der Waals surface area contributed by atoms with E-state index in [4.69, 9.17) is 28.3 Å². The van der Waals surface area contributed by atoms with Gasteiger partial charge in [0.05, 0.1) is 32.8 Å². The van der Waals surface area contributed by atoms with Gasteiger partial charge in [-0.25, -0.2) is 4.79 Å². The van der Waals surface area contributed by atoms with Crippen molar-refractivity contribution in [2.75, 3.05) is 5.32 Å². The van der Waals surface area contributed by atoms with E-state index in [-0.39, 0.29) is 12.1 Å². The first-order valence-corrected chi connectivity index (χ1v) is 9.09. The number of carboxylic acids is 1. The van der Waals surface area contributed by atoms with Crippen molar-refractivity contribution in [3.63, 3.8) is 0 Å². The Morgan fingerprint density at radius 3 is 2.63 bits per heavy atom. The smallest absolute Gasteiger partial charge is 0.338 e. The minimum Gasteiger partial charge on any atom is -0.478 e. The van der Waals surface area contributed by atoms with Crippen LogP contribution in [0.3, 0.4) is 0 Å². The fraction of sp³-hybridized carbons (Fsp3) is 0.125. The van der Waals surface area contributed by atoms with Gasteiger partial charge in [-0.2, -0.15) is 10.2 Å². The zero-order valence-electron chi connectivity index (χ0n) is 13.6. The van der Waals surface area contributed by atoms with Crippen LogP contribution in [0.4, 0.5) is 5.82 Å². The van der Waals surface area contributed by atoms with Crippen LogP contribution in [-0.2, 0) is 17.9 Å². The number of carbonyl (C=O) groups is 2. The van der Waals surface area contributed by atoms with E-state index in [0.717, 1.165) is 5.56 Å². The normalized spacial score (nSPS) is 10.8. The quantitative estimate of drug-likeness (QED) is 0.571. The number of benzene rings is 1. The van der Waals surface area contributed by atoms with E-state index in [2.05, 4.69) is 31.4 Å². The van der Waals surface area contributed by atoms with E-state index in [1.807, 2.05) is 6.07 Å². The molecule has 0 aliphatic heterocycles. The van der Waals surface area contributed by atoms with Gasteiger partial charge in [-0.3, -0.25) is 14.2 Å². The number of nitrogens with one attached hydrogen (secondary N) is 1. The lowest BCUT2D eigenvalue weighted by molar-refractivity contribution is -0.116. The summed E-state index contributed by atoms with van der Waals surface area (Å²) in [6.07, 6.45) is 4.17. The molecule has 27 heavy (non-hydrogen) atoms. The molecule has 0 fully saturated rings. The van der Waals surface area contributed by atoms with Gasteiger partial charge in [-0.05, 0) is 33.6 Å². The standard InChI is InChI=1S/C16H12BrCl2N5O3/c17-11-7-24(5-9-1-2-12(18)13(19)3-9)22-15(11)21-14(25)8-23-6-10(4-20-23)16(26)27/h1-4,6-7H,5,8H2,(H,26,27)(H,21,22,25). The molecule has 0 spiro atoms. The summed E-state index contributed by atoms with van der Waals surface area (Å²) in [5, 5.41) is 20.6. The Morgan fingerprint density at radius 2 is 1.96 bits per heavy atom. The minimum absolute atomic E-state index is 0.00915. The second kappa shape index (κ2) is 8.12. The molecule has 3 rings (SSSR count). The molecule has 1 amide bonds. The van der Waals surface area contributed by atoms with Crippen LogP contribution in [0.1, 0.15) is 15.9 Å².